The fourth-order valence-corrected chi connectivity index (χ4v) is 7.89. The lowest BCUT2D eigenvalue weighted by atomic mass is 9.46. The molecule has 0 heterocycles. The molecular weight excluding hydrogens is 368 g/mol. The molecule has 1 aromatic rings. The monoisotopic (exact) mass is 402 g/mol. The van der Waals surface area contributed by atoms with Crippen LogP contribution in [0.25, 0.3) is 6.08 Å². The highest BCUT2D eigenvalue weighted by atomic mass is 16.1. The second kappa shape index (κ2) is 7.32. The van der Waals surface area contributed by atoms with Crippen molar-refractivity contribution in [2.75, 3.05) is 0 Å². The van der Waals surface area contributed by atoms with Crippen LogP contribution in [0.15, 0.2) is 48.1 Å². The molecule has 2 heteroatoms. The fourth-order valence-electron chi connectivity index (χ4n) is 7.89. The summed E-state index contributed by atoms with van der Waals surface area (Å²) in [5, 5.41) is 0. The maximum absolute atomic E-state index is 13.2. The van der Waals surface area contributed by atoms with E-state index in [4.69, 9.17) is 0 Å². The summed E-state index contributed by atoms with van der Waals surface area (Å²) in [6.07, 6.45) is 14.5. The molecule has 5 rings (SSSR count). The summed E-state index contributed by atoms with van der Waals surface area (Å²) in [4.78, 5) is 25.2. The molecule has 3 fully saturated rings. The van der Waals surface area contributed by atoms with Gasteiger partial charge in [0.2, 0.25) is 0 Å². The lowest BCUT2D eigenvalue weighted by Crippen LogP contribution is -2.51. The Morgan fingerprint density at radius 2 is 1.77 bits per heavy atom. The maximum Gasteiger partial charge on any atom is 0.159 e. The van der Waals surface area contributed by atoms with Gasteiger partial charge in [0.1, 0.15) is 0 Å². The van der Waals surface area contributed by atoms with Gasteiger partial charge in [-0.3, -0.25) is 9.59 Å². The minimum atomic E-state index is 0.140. The molecule has 4 aliphatic carbocycles. The molecule has 0 aliphatic heterocycles. The van der Waals surface area contributed by atoms with E-state index in [-0.39, 0.29) is 16.7 Å². The molecule has 0 spiro atoms. The summed E-state index contributed by atoms with van der Waals surface area (Å²) in [5.41, 5.74) is 2.88. The van der Waals surface area contributed by atoms with Gasteiger partial charge in [-0.25, -0.2) is 0 Å². The van der Waals surface area contributed by atoms with Gasteiger partial charge in [-0.15, -0.1) is 0 Å². The molecule has 6 unspecified atom stereocenters. The van der Waals surface area contributed by atoms with Crippen LogP contribution in [0, 0.1) is 34.5 Å². The van der Waals surface area contributed by atoms with Gasteiger partial charge in [0, 0.05) is 12.3 Å². The van der Waals surface area contributed by atoms with Gasteiger partial charge < -0.3 is 0 Å². The van der Waals surface area contributed by atoms with Crippen LogP contribution in [0.4, 0.5) is 0 Å². The van der Waals surface area contributed by atoms with E-state index in [1.807, 2.05) is 36.4 Å². The third kappa shape index (κ3) is 3.06. The highest BCUT2D eigenvalue weighted by Crippen LogP contribution is 2.66. The van der Waals surface area contributed by atoms with Crippen LogP contribution in [0.5, 0.6) is 0 Å². The second-order valence-corrected chi connectivity index (χ2v) is 10.8. The number of carbonyl (C=O) groups is 2. The normalized spacial score (nSPS) is 40.5. The molecule has 4 aliphatic rings. The van der Waals surface area contributed by atoms with Crippen LogP contribution in [-0.2, 0) is 9.59 Å². The van der Waals surface area contributed by atoms with Crippen molar-refractivity contribution < 1.29 is 9.59 Å². The second-order valence-electron chi connectivity index (χ2n) is 10.8. The molecule has 1 aromatic carbocycles. The SMILES string of the molecule is CC12CCC(=O)C=C1CCC1C2CCC2(C)C(C(=O)/C=C/c3ccccc3)CCC12. The van der Waals surface area contributed by atoms with Crippen molar-refractivity contribution in [3.8, 4) is 0 Å². The number of hydrogen-bond acceptors (Lipinski definition) is 2. The van der Waals surface area contributed by atoms with Crippen LogP contribution in [0.2, 0.25) is 0 Å². The summed E-state index contributed by atoms with van der Waals surface area (Å²) in [7, 11) is 0. The van der Waals surface area contributed by atoms with E-state index < -0.39 is 0 Å². The molecule has 0 radical (unpaired) electrons. The standard InChI is InChI=1S/C28H34O2/c1-27-16-14-21(29)18-20(27)9-10-22-23-11-12-25(28(23,2)17-15-24(22)27)26(30)13-8-19-6-4-3-5-7-19/h3-8,13,18,22-25H,9-12,14-17H2,1-2H3/b13-8+. The Balaban J connectivity index is 1.37. The van der Waals surface area contributed by atoms with Crippen LogP contribution < -0.4 is 0 Å². The van der Waals surface area contributed by atoms with Gasteiger partial charge in [-0.1, -0.05) is 55.8 Å². The van der Waals surface area contributed by atoms with E-state index in [1.54, 1.807) is 0 Å². The Labute approximate surface area is 180 Å². The Bertz CT molecular complexity index is 910. The number of carbonyl (C=O) groups excluding carboxylic acids is 2. The third-order valence-electron chi connectivity index (χ3n) is 9.55. The Hall–Kier alpha value is -1.96. The molecule has 30 heavy (non-hydrogen) atoms. The number of allylic oxidation sites excluding steroid dienone is 2. The smallest absolute Gasteiger partial charge is 0.159 e. The average molecular weight is 403 g/mol. The topological polar surface area (TPSA) is 34.1 Å². The zero-order valence-electron chi connectivity index (χ0n) is 18.4. The summed E-state index contributed by atoms with van der Waals surface area (Å²) in [5.74, 6) is 2.89. The zero-order valence-corrected chi connectivity index (χ0v) is 18.4. The van der Waals surface area contributed by atoms with Crippen molar-refractivity contribution in [3.05, 3.63) is 53.6 Å². The van der Waals surface area contributed by atoms with Crippen LogP contribution in [0.3, 0.4) is 0 Å². The van der Waals surface area contributed by atoms with Gasteiger partial charge in [-0.05, 0) is 91.2 Å². The highest BCUT2D eigenvalue weighted by Gasteiger charge is 2.59. The largest absolute Gasteiger partial charge is 0.295 e. The number of hydrogen-bond donors (Lipinski definition) is 0. The summed E-state index contributed by atoms with van der Waals surface area (Å²) >= 11 is 0. The van der Waals surface area contributed by atoms with Gasteiger partial charge in [-0.2, -0.15) is 0 Å². The van der Waals surface area contributed by atoms with Crippen molar-refractivity contribution in [1.82, 2.24) is 0 Å². The van der Waals surface area contributed by atoms with E-state index >= 15 is 0 Å². The molecule has 0 bridgehead atoms. The first-order chi connectivity index (χ1) is 14.4. The Morgan fingerprint density at radius 1 is 0.967 bits per heavy atom. The lowest BCUT2D eigenvalue weighted by molar-refractivity contribution is -0.126. The molecule has 0 amide bonds. The molecule has 0 aromatic heterocycles. The average Bonchev–Trinajstić information content (AvgIpc) is 3.10. The Kier molecular flexibility index (Phi) is 4.87. The molecule has 3 saturated carbocycles. The first-order valence-electron chi connectivity index (χ1n) is 11.9. The molecule has 158 valence electrons. The van der Waals surface area contributed by atoms with Gasteiger partial charge in [0.05, 0.1) is 0 Å². The number of rotatable bonds is 3. The number of benzene rings is 1. The van der Waals surface area contributed by atoms with Crippen molar-refractivity contribution in [2.24, 2.45) is 34.5 Å². The van der Waals surface area contributed by atoms with E-state index in [1.165, 1.54) is 24.8 Å². The van der Waals surface area contributed by atoms with E-state index in [9.17, 15) is 9.59 Å². The first kappa shape index (κ1) is 20.0. The predicted octanol–water partition coefficient (Wildman–Crippen LogP) is 6.42. The molecule has 6 atom stereocenters. The van der Waals surface area contributed by atoms with Crippen LogP contribution >= 0.6 is 0 Å². The van der Waals surface area contributed by atoms with E-state index in [2.05, 4.69) is 26.0 Å². The summed E-state index contributed by atoms with van der Waals surface area (Å²) in [6.45, 7) is 4.85. The Morgan fingerprint density at radius 3 is 2.57 bits per heavy atom. The van der Waals surface area contributed by atoms with Crippen molar-refractivity contribution in [3.63, 3.8) is 0 Å². The van der Waals surface area contributed by atoms with Crippen LogP contribution in [-0.4, -0.2) is 11.6 Å². The first-order valence-corrected chi connectivity index (χ1v) is 11.9. The minimum absolute atomic E-state index is 0.140. The lowest BCUT2D eigenvalue weighted by Gasteiger charge is -2.58. The van der Waals surface area contributed by atoms with Crippen molar-refractivity contribution in [2.45, 2.75) is 65.2 Å². The molecule has 0 N–H and O–H groups in total. The van der Waals surface area contributed by atoms with Crippen LogP contribution in [0.1, 0.15) is 70.8 Å². The van der Waals surface area contributed by atoms with Gasteiger partial charge in [0.15, 0.2) is 11.6 Å². The van der Waals surface area contributed by atoms with Gasteiger partial charge in [0.25, 0.3) is 0 Å². The molecular formula is C28H34O2. The maximum atomic E-state index is 13.2. The third-order valence-corrected chi connectivity index (χ3v) is 9.55. The van der Waals surface area contributed by atoms with Gasteiger partial charge >= 0.3 is 0 Å². The quantitative estimate of drug-likeness (QED) is 0.547. The van der Waals surface area contributed by atoms with Crippen molar-refractivity contribution >= 4 is 17.6 Å². The highest BCUT2D eigenvalue weighted by molar-refractivity contribution is 5.96. The van der Waals surface area contributed by atoms with E-state index in [0.717, 1.165) is 43.6 Å². The van der Waals surface area contributed by atoms with Crippen molar-refractivity contribution in [1.29, 1.82) is 0 Å². The predicted molar refractivity (Wildman–Crippen MR) is 121 cm³/mol. The fraction of sp³-hybridized carbons (Fsp3) is 0.571. The van der Waals surface area contributed by atoms with E-state index in [0.29, 0.717) is 23.4 Å². The zero-order chi connectivity index (χ0) is 20.9. The molecule has 0 saturated heterocycles. The minimum Gasteiger partial charge on any atom is -0.295 e. The summed E-state index contributed by atoms with van der Waals surface area (Å²) in [6, 6.07) is 10.1. The number of fused-ring (bicyclic) bond motifs is 5. The summed E-state index contributed by atoms with van der Waals surface area (Å²) < 4.78 is 0. The number of ketones is 2. The molecule has 2 nitrogen and oxygen atoms in total.